The number of hydrogen-bond acceptors (Lipinski definition) is 5. The highest BCUT2D eigenvalue weighted by molar-refractivity contribution is 7.85. The zero-order chi connectivity index (χ0) is 17.8. The van der Waals surface area contributed by atoms with Gasteiger partial charge in [0, 0.05) is 39.6 Å². The van der Waals surface area contributed by atoms with Gasteiger partial charge in [0.15, 0.2) is 0 Å². The van der Waals surface area contributed by atoms with Gasteiger partial charge in [0.05, 0.1) is 11.9 Å². The van der Waals surface area contributed by atoms with Gasteiger partial charge in [0.1, 0.15) is 11.0 Å². The maximum Gasteiger partial charge on any atom is 0.138 e. The number of aromatic nitrogens is 2. The first kappa shape index (κ1) is 17.6. The number of halogens is 1. The van der Waals surface area contributed by atoms with Gasteiger partial charge in [-0.1, -0.05) is 11.6 Å². The van der Waals surface area contributed by atoms with Gasteiger partial charge in [-0.2, -0.15) is 0 Å². The Balaban J connectivity index is 0.000000258. The molecule has 1 fully saturated rings. The number of nitrogen functional groups attached to an aromatic ring is 1. The maximum atomic E-state index is 10.3. The monoisotopic (exact) mass is 374 g/mol. The van der Waals surface area contributed by atoms with E-state index in [2.05, 4.69) is 15.3 Å². The molecule has 1 aromatic carbocycles. The van der Waals surface area contributed by atoms with Gasteiger partial charge in [-0.05, 0) is 54.6 Å². The highest BCUT2D eigenvalue weighted by Gasteiger charge is 2.24. The number of nitrogens with two attached hydrogens (primary N) is 1. The van der Waals surface area contributed by atoms with E-state index in [9.17, 15) is 4.21 Å². The van der Waals surface area contributed by atoms with Crippen molar-refractivity contribution in [2.24, 2.45) is 0 Å². The third-order valence-electron chi connectivity index (χ3n) is 3.77. The van der Waals surface area contributed by atoms with Crippen LogP contribution in [0.2, 0.25) is 5.15 Å². The first-order valence-corrected chi connectivity index (χ1v) is 9.88. The van der Waals surface area contributed by atoms with Crippen LogP contribution in [-0.2, 0) is 10.8 Å². The van der Waals surface area contributed by atoms with E-state index in [1.807, 2.05) is 30.3 Å². The normalized spacial score (nSPS) is 14.5. The summed E-state index contributed by atoms with van der Waals surface area (Å²) in [6.07, 6.45) is 7.58. The van der Waals surface area contributed by atoms with E-state index in [0.717, 1.165) is 28.0 Å². The third kappa shape index (κ3) is 4.90. The average Bonchev–Trinajstić information content (AvgIpc) is 3.43. The number of nitrogens with zero attached hydrogens (tertiary/aromatic N) is 2. The largest absolute Gasteiger partial charge is 0.399 e. The lowest BCUT2D eigenvalue weighted by Crippen LogP contribution is -1.95. The molecule has 7 heteroatoms. The second kappa shape index (κ2) is 7.80. The SMILES string of the molecule is CS(=O)C1CC1.Nc1ccc2c(Nc3ccc(Cl)nc3)nccc2c1. The first-order valence-electron chi connectivity index (χ1n) is 7.88. The van der Waals surface area contributed by atoms with E-state index in [1.54, 1.807) is 24.7 Å². The Morgan fingerprint density at radius 2 is 2.00 bits per heavy atom. The summed E-state index contributed by atoms with van der Waals surface area (Å²) in [5, 5.41) is 6.30. The quantitative estimate of drug-likeness (QED) is 0.532. The number of benzene rings is 1. The van der Waals surface area contributed by atoms with Crippen LogP contribution < -0.4 is 11.1 Å². The fourth-order valence-electron chi connectivity index (χ4n) is 2.28. The van der Waals surface area contributed by atoms with Crippen molar-refractivity contribution in [3.63, 3.8) is 0 Å². The molecule has 0 spiro atoms. The van der Waals surface area contributed by atoms with Gasteiger partial charge in [0.2, 0.25) is 0 Å². The number of nitrogens with one attached hydrogen (secondary N) is 1. The number of fused-ring (bicyclic) bond motifs is 1. The van der Waals surface area contributed by atoms with E-state index in [-0.39, 0.29) is 0 Å². The van der Waals surface area contributed by atoms with Crippen molar-refractivity contribution in [1.29, 1.82) is 0 Å². The Labute approximate surface area is 154 Å². The van der Waals surface area contributed by atoms with E-state index in [0.29, 0.717) is 10.4 Å². The summed E-state index contributed by atoms with van der Waals surface area (Å²) in [6.45, 7) is 0. The predicted molar refractivity (Wildman–Crippen MR) is 106 cm³/mol. The Hall–Kier alpha value is -2.18. The van der Waals surface area contributed by atoms with Gasteiger partial charge in [-0.15, -0.1) is 0 Å². The standard InChI is InChI=1S/C14H11ClN4.C4H8OS/c15-13-4-2-11(8-18-13)19-14-12-3-1-10(16)7-9(12)5-6-17-14;1-6(5)4-2-3-4/h1-8H,16H2,(H,17,19);4H,2-3H2,1H3. The molecule has 2 aromatic heterocycles. The minimum absolute atomic E-state index is 0.462. The summed E-state index contributed by atoms with van der Waals surface area (Å²) in [5.41, 5.74) is 7.35. The van der Waals surface area contributed by atoms with Crippen LogP contribution in [0.4, 0.5) is 17.2 Å². The summed E-state index contributed by atoms with van der Waals surface area (Å²) < 4.78 is 10.3. The highest BCUT2D eigenvalue weighted by atomic mass is 35.5. The molecule has 1 atom stereocenters. The summed E-state index contributed by atoms with van der Waals surface area (Å²) in [7, 11) is -0.506. The molecule has 25 heavy (non-hydrogen) atoms. The number of pyridine rings is 2. The molecule has 1 unspecified atom stereocenters. The van der Waals surface area contributed by atoms with Gasteiger partial charge in [-0.3, -0.25) is 4.21 Å². The first-order chi connectivity index (χ1) is 12.0. The van der Waals surface area contributed by atoms with Gasteiger partial charge < -0.3 is 11.1 Å². The molecule has 5 nitrogen and oxygen atoms in total. The summed E-state index contributed by atoms with van der Waals surface area (Å²) in [5.74, 6) is 0.765. The fourth-order valence-corrected chi connectivity index (χ4v) is 3.19. The molecule has 3 N–H and O–H groups in total. The molecule has 0 aliphatic heterocycles. The topological polar surface area (TPSA) is 80.9 Å². The van der Waals surface area contributed by atoms with Gasteiger partial charge >= 0.3 is 0 Å². The number of anilines is 3. The maximum absolute atomic E-state index is 10.3. The van der Waals surface area contributed by atoms with Gasteiger partial charge in [-0.25, -0.2) is 9.97 Å². The number of rotatable bonds is 3. The molecule has 1 saturated carbocycles. The Bertz CT molecular complexity index is 897. The molecular weight excluding hydrogens is 356 g/mol. The zero-order valence-electron chi connectivity index (χ0n) is 13.8. The van der Waals surface area contributed by atoms with Crippen LogP contribution in [0.1, 0.15) is 12.8 Å². The van der Waals surface area contributed by atoms with Crippen molar-refractivity contribution in [1.82, 2.24) is 9.97 Å². The molecule has 2 heterocycles. The lowest BCUT2D eigenvalue weighted by molar-refractivity contribution is 0.686. The van der Waals surface area contributed by atoms with Crippen LogP contribution in [0.15, 0.2) is 48.8 Å². The molecular formula is C18H19ClN4OS. The van der Waals surface area contributed by atoms with Crippen LogP contribution in [-0.4, -0.2) is 25.7 Å². The van der Waals surface area contributed by atoms with E-state index in [1.165, 1.54) is 12.8 Å². The second-order valence-electron chi connectivity index (χ2n) is 5.83. The average molecular weight is 375 g/mol. The summed E-state index contributed by atoms with van der Waals surface area (Å²) >= 11 is 5.76. The molecule has 0 bridgehead atoms. The Morgan fingerprint density at radius 3 is 2.60 bits per heavy atom. The van der Waals surface area contributed by atoms with Crippen molar-refractivity contribution in [2.45, 2.75) is 18.1 Å². The van der Waals surface area contributed by atoms with Crippen LogP contribution in [0.25, 0.3) is 10.8 Å². The van der Waals surface area contributed by atoms with Crippen molar-refractivity contribution in [3.8, 4) is 0 Å². The Kier molecular flexibility index (Phi) is 5.50. The molecule has 1 aliphatic rings. The van der Waals surface area contributed by atoms with Crippen LogP contribution in [0.3, 0.4) is 0 Å². The molecule has 4 rings (SSSR count). The third-order valence-corrected chi connectivity index (χ3v) is 5.41. The lowest BCUT2D eigenvalue weighted by Gasteiger charge is -2.08. The summed E-state index contributed by atoms with van der Waals surface area (Å²) in [4.78, 5) is 8.37. The molecule has 0 saturated heterocycles. The van der Waals surface area contributed by atoms with Gasteiger partial charge in [0.25, 0.3) is 0 Å². The minimum Gasteiger partial charge on any atom is -0.399 e. The molecule has 1 aliphatic carbocycles. The van der Waals surface area contributed by atoms with Crippen LogP contribution >= 0.6 is 11.6 Å². The lowest BCUT2D eigenvalue weighted by atomic mass is 10.1. The van der Waals surface area contributed by atoms with Crippen molar-refractivity contribution in [2.75, 3.05) is 17.3 Å². The van der Waals surface area contributed by atoms with E-state index < -0.39 is 10.8 Å². The zero-order valence-corrected chi connectivity index (χ0v) is 15.3. The highest BCUT2D eigenvalue weighted by Crippen LogP contribution is 2.26. The fraction of sp³-hybridized carbons (Fsp3) is 0.222. The van der Waals surface area contributed by atoms with Crippen molar-refractivity contribution >= 4 is 50.4 Å². The van der Waals surface area contributed by atoms with Crippen LogP contribution in [0, 0.1) is 0 Å². The van der Waals surface area contributed by atoms with Crippen molar-refractivity contribution in [3.05, 3.63) is 53.9 Å². The Morgan fingerprint density at radius 1 is 1.20 bits per heavy atom. The summed E-state index contributed by atoms with van der Waals surface area (Å²) in [6, 6.07) is 11.2. The van der Waals surface area contributed by atoms with Crippen molar-refractivity contribution < 1.29 is 4.21 Å². The second-order valence-corrected chi connectivity index (χ2v) is 7.88. The van der Waals surface area contributed by atoms with E-state index in [4.69, 9.17) is 17.3 Å². The molecule has 0 amide bonds. The predicted octanol–water partition coefficient (Wildman–Crippen LogP) is 4.14. The molecule has 130 valence electrons. The smallest absolute Gasteiger partial charge is 0.138 e. The van der Waals surface area contributed by atoms with E-state index >= 15 is 0 Å². The number of hydrogen-bond donors (Lipinski definition) is 2. The molecule has 3 aromatic rings. The molecule has 0 radical (unpaired) electrons. The minimum atomic E-state index is -0.506. The van der Waals surface area contributed by atoms with Crippen LogP contribution in [0.5, 0.6) is 0 Å².